The third-order valence-electron chi connectivity index (χ3n) is 4.50. The van der Waals surface area contributed by atoms with Crippen molar-refractivity contribution < 1.29 is 9.90 Å². The minimum Gasteiger partial charge on any atom is -0.388 e. The molecule has 18 heavy (non-hydrogen) atoms. The van der Waals surface area contributed by atoms with Crippen LogP contribution < -0.4 is 5.32 Å². The molecule has 2 aliphatic rings. The van der Waals surface area contributed by atoms with Gasteiger partial charge in [0.1, 0.15) is 0 Å². The molecule has 0 radical (unpaired) electrons. The quantitative estimate of drug-likeness (QED) is 0.757. The number of carbonyl (C=O) groups excluding carboxylic acids is 1. The number of nitrogens with one attached hydrogen (secondary N) is 1. The molecular formula is C15H25NO2. The standard InChI is InChI=1S/C15H25NO2/c1-14(2)7-9-15(18,10-8-14)11-16-13(17)12-5-3-4-6-12/h3-4,12,18H,5-11H2,1-2H3,(H,16,17). The maximum atomic E-state index is 11.9. The first-order valence-corrected chi connectivity index (χ1v) is 7.05. The van der Waals surface area contributed by atoms with Crippen molar-refractivity contribution in [2.75, 3.05) is 6.54 Å². The van der Waals surface area contributed by atoms with Gasteiger partial charge in [0.05, 0.1) is 5.60 Å². The summed E-state index contributed by atoms with van der Waals surface area (Å²) in [5.41, 5.74) is -0.344. The summed E-state index contributed by atoms with van der Waals surface area (Å²) < 4.78 is 0. The Labute approximate surface area is 110 Å². The van der Waals surface area contributed by atoms with Gasteiger partial charge in [-0.3, -0.25) is 4.79 Å². The Morgan fingerprint density at radius 1 is 1.22 bits per heavy atom. The van der Waals surface area contributed by atoms with Crippen molar-refractivity contribution in [3.63, 3.8) is 0 Å². The lowest BCUT2D eigenvalue weighted by Gasteiger charge is -2.40. The first-order chi connectivity index (χ1) is 8.40. The summed E-state index contributed by atoms with van der Waals surface area (Å²) in [5, 5.41) is 13.4. The van der Waals surface area contributed by atoms with Gasteiger partial charge in [0.15, 0.2) is 0 Å². The SMILES string of the molecule is CC1(C)CCC(O)(CNC(=O)C2CC=CC2)CC1. The topological polar surface area (TPSA) is 49.3 Å². The number of rotatable bonds is 3. The van der Waals surface area contributed by atoms with E-state index in [0.717, 1.165) is 38.5 Å². The molecule has 1 saturated carbocycles. The summed E-state index contributed by atoms with van der Waals surface area (Å²) in [6.45, 7) is 4.91. The zero-order valence-electron chi connectivity index (χ0n) is 11.5. The zero-order valence-corrected chi connectivity index (χ0v) is 11.5. The highest BCUT2D eigenvalue weighted by molar-refractivity contribution is 5.79. The van der Waals surface area contributed by atoms with Gasteiger partial charge in [-0.1, -0.05) is 26.0 Å². The zero-order chi connectivity index (χ0) is 13.2. The Hall–Kier alpha value is -0.830. The smallest absolute Gasteiger partial charge is 0.223 e. The molecule has 2 rings (SSSR count). The first kappa shape index (κ1) is 13.6. The third kappa shape index (κ3) is 3.35. The second-order valence-corrected chi connectivity index (χ2v) is 6.75. The van der Waals surface area contributed by atoms with E-state index < -0.39 is 5.60 Å². The summed E-state index contributed by atoms with van der Waals surface area (Å²) in [6, 6.07) is 0. The van der Waals surface area contributed by atoms with E-state index in [9.17, 15) is 9.90 Å². The molecule has 102 valence electrons. The van der Waals surface area contributed by atoms with Gasteiger partial charge in [0, 0.05) is 12.5 Å². The monoisotopic (exact) mass is 251 g/mol. The fourth-order valence-electron chi connectivity index (χ4n) is 2.80. The van der Waals surface area contributed by atoms with E-state index in [1.807, 2.05) is 0 Å². The van der Waals surface area contributed by atoms with Gasteiger partial charge >= 0.3 is 0 Å². The Morgan fingerprint density at radius 3 is 2.33 bits per heavy atom. The Morgan fingerprint density at radius 2 is 1.78 bits per heavy atom. The average Bonchev–Trinajstić information content (AvgIpc) is 2.85. The average molecular weight is 251 g/mol. The van der Waals surface area contributed by atoms with Crippen LogP contribution in [0.1, 0.15) is 52.4 Å². The molecule has 0 atom stereocenters. The fraction of sp³-hybridized carbons (Fsp3) is 0.800. The van der Waals surface area contributed by atoms with E-state index in [-0.39, 0.29) is 11.8 Å². The number of aliphatic hydroxyl groups is 1. The first-order valence-electron chi connectivity index (χ1n) is 7.05. The number of allylic oxidation sites excluding steroid dienone is 2. The predicted octanol–water partition coefficient (Wildman–Crippen LogP) is 2.40. The summed E-state index contributed by atoms with van der Waals surface area (Å²) in [7, 11) is 0. The third-order valence-corrected chi connectivity index (χ3v) is 4.50. The molecule has 0 aromatic heterocycles. The molecule has 0 aromatic carbocycles. The van der Waals surface area contributed by atoms with E-state index in [1.165, 1.54) is 0 Å². The van der Waals surface area contributed by atoms with E-state index in [2.05, 4.69) is 31.3 Å². The molecule has 0 aliphatic heterocycles. The molecular weight excluding hydrogens is 226 g/mol. The van der Waals surface area contributed by atoms with E-state index in [4.69, 9.17) is 0 Å². The van der Waals surface area contributed by atoms with Crippen LogP contribution in [0, 0.1) is 11.3 Å². The van der Waals surface area contributed by atoms with Gasteiger partial charge in [-0.2, -0.15) is 0 Å². The molecule has 3 nitrogen and oxygen atoms in total. The predicted molar refractivity (Wildman–Crippen MR) is 72.1 cm³/mol. The molecule has 0 saturated heterocycles. The van der Waals surface area contributed by atoms with Crippen LogP contribution in [0.4, 0.5) is 0 Å². The summed E-state index contributed by atoms with van der Waals surface area (Å²) in [5.74, 6) is 0.187. The Bertz CT molecular complexity index is 328. The van der Waals surface area contributed by atoms with Crippen molar-refractivity contribution in [2.45, 2.75) is 58.0 Å². The number of carbonyl (C=O) groups is 1. The minimum atomic E-state index is -0.683. The molecule has 1 amide bonds. The van der Waals surface area contributed by atoms with Gasteiger partial charge in [-0.25, -0.2) is 0 Å². The van der Waals surface area contributed by atoms with Crippen LogP contribution in [0.25, 0.3) is 0 Å². The lowest BCUT2D eigenvalue weighted by molar-refractivity contribution is -0.126. The van der Waals surface area contributed by atoms with Crippen LogP contribution >= 0.6 is 0 Å². The summed E-state index contributed by atoms with van der Waals surface area (Å²) in [4.78, 5) is 11.9. The van der Waals surface area contributed by atoms with E-state index in [1.54, 1.807) is 0 Å². The van der Waals surface area contributed by atoms with Crippen molar-refractivity contribution >= 4 is 5.91 Å². The van der Waals surface area contributed by atoms with Crippen molar-refractivity contribution in [2.24, 2.45) is 11.3 Å². The van der Waals surface area contributed by atoms with Gasteiger partial charge in [0.25, 0.3) is 0 Å². The molecule has 0 heterocycles. The maximum Gasteiger partial charge on any atom is 0.223 e. The van der Waals surface area contributed by atoms with E-state index in [0.29, 0.717) is 12.0 Å². The highest BCUT2D eigenvalue weighted by atomic mass is 16.3. The van der Waals surface area contributed by atoms with Crippen LogP contribution in [-0.2, 0) is 4.79 Å². The molecule has 0 aromatic rings. The normalized spacial score (nSPS) is 26.2. The molecule has 3 heteroatoms. The summed E-state index contributed by atoms with van der Waals surface area (Å²) in [6.07, 6.45) is 9.46. The van der Waals surface area contributed by atoms with Crippen LogP contribution in [0.3, 0.4) is 0 Å². The fourth-order valence-corrected chi connectivity index (χ4v) is 2.80. The Balaban J connectivity index is 1.77. The lowest BCUT2D eigenvalue weighted by Crippen LogP contribution is -2.47. The largest absolute Gasteiger partial charge is 0.388 e. The van der Waals surface area contributed by atoms with Crippen molar-refractivity contribution in [3.05, 3.63) is 12.2 Å². The molecule has 2 N–H and O–H groups in total. The van der Waals surface area contributed by atoms with Crippen LogP contribution in [0.15, 0.2) is 12.2 Å². The molecule has 2 aliphatic carbocycles. The van der Waals surface area contributed by atoms with Gasteiger partial charge in [-0.15, -0.1) is 0 Å². The van der Waals surface area contributed by atoms with Gasteiger partial charge < -0.3 is 10.4 Å². The molecule has 0 bridgehead atoms. The van der Waals surface area contributed by atoms with Crippen molar-refractivity contribution in [3.8, 4) is 0 Å². The van der Waals surface area contributed by atoms with Crippen molar-refractivity contribution in [1.82, 2.24) is 5.32 Å². The number of amides is 1. The molecule has 1 fully saturated rings. The van der Waals surface area contributed by atoms with Crippen molar-refractivity contribution in [1.29, 1.82) is 0 Å². The second-order valence-electron chi connectivity index (χ2n) is 6.75. The summed E-state index contributed by atoms with van der Waals surface area (Å²) >= 11 is 0. The minimum absolute atomic E-state index is 0.0913. The number of hydrogen-bond donors (Lipinski definition) is 2. The highest BCUT2D eigenvalue weighted by Crippen LogP contribution is 2.39. The highest BCUT2D eigenvalue weighted by Gasteiger charge is 2.37. The van der Waals surface area contributed by atoms with Gasteiger partial charge in [0.2, 0.25) is 5.91 Å². The van der Waals surface area contributed by atoms with Crippen LogP contribution in [0.2, 0.25) is 0 Å². The van der Waals surface area contributed by atoms with E-state index >= 15 is 0 Å². The molecule has 0 unspecified atom stereocenters. The lowest BCUT2D eigenvalue weighted by atomic mass is 9.71. The van der Waals surface area contributed by atoms with Gasteiger partial charge in [-0.05, 0) is 43.9 Å². The number of hydrogen-bond acceptors (Lipinski definition) is 2. The molecule has 0 spiro atoms. The van der Waals surface area contributed by atoms with Crippen LogP contribution in [0.5, 0.6) is 0 Å². The van der Waals surface area contributed by atoms with Crippen LogP contribution in [-0.4, -0.2) is 23.2 Å². The second kappa shape index (κ2) is 5.04. The maximum absolute atomic E-state index is 11.9. The Kier molecular flexibility index (Phi) is 3.81.